The Morgan fingerprint density at radius 2 is 1.73 bits per heavy atom. The summed E-state index contributed by atoms with van der Waals surface area (Å²) in [4.78, 5) is 35.8. The highest BCUT2D eigenvalue weighted by Gasteiger charge is 2.17. The van der Waals surface area contributed by atoms with Crippen LogP contribution < -0.4 is 20.9 Å². The molecule has 1 aromatic carbocycles. The summed E-state index contributed by atoms with van der Waals surface area (Å²) in [6, 6.07) is 17.7. The summed E-state index contributed by atoms with van der Waals surface area (Å²) >= 11 is 0. The number of amides is 1. The van der Waals surface area contributed by atoms with Crippen molar-refractivity contribution in [3.63, 3.8) is 0 Å². The van der Waals surface area contributed by atoms with Gasteiger partial charge in [-0.05, 0) is 62.0 Å². The van der Waals surface area contributed by atoms with Crippen LogP contribution in [0.3, 0.4) is 0 Å². The van der Waals surface area contributed by atoms with Crippen LogP contribution in [0.15, 0.2) is 79.6 Å². The first-order valence-electron chi connectivity index (χ1n) is 13.2. The second kappa shape index (κ2) is 12.4. The minimum Gasteiger partial charge on any atom is -0.369 e. The highest BCUT2D eigenvalue weighted by Crippen LogP contribution is 2.24. The lowest BCUT2D eigenvalue weighted by Gasteiger charge is -2.34. The minimum atomic E-state index is -0.318. The number of benzene rings is 1. The normalized spacial score (nSPS) is 13.5. The van der Waals surface area contributed by atoms with Gasteiger partial charge in [0, 0.05) is 56.5 Å². The fourth-order valence-corrected chi connectivity index (χ4v) is 4.30. The number of hydrogen-bond acceptors (Lipinski definition) is 9. The first-order chi connectivity index (χ1) is 19.5. The summed E-state index contributed by atoms with van der Waals surface area (Å²) in [7, 11) is 2.15. The zero-order valence-electron chi connectivity index (χ0n) is 22.8. The van der Waals surface area contributed by atoms with Crippen LogP contribution in [0.4, 0.5) is 29.0 Å². The van der Waals surface area contributed by atoms with Crippen molar-refractivity contribution in [2.75, 3.05) is 55.3 Å². The quantitative estimate of drug-likeness (QED) is 0.269. The topological polar surface area (TPSA) is 111 Å². The molecule has 1 aliphatic heterocycles. The molecule has 0 spiro atoms. The van der Waals surface area contributed by atoms with E-state index in [0.29, 0.717) is 35.4 Å². The molecule has 0 radical (unpaired) electrons. The molecule has 4 heterocycles. The van der Waals surface area contributed by atoms with Gasteiger partial charge in [0.05, 0.1) is 11.4 Å². The van der Waals surface area contributed by atoms with Crippen LogP contribution in [0.2, 0.25) is 0 Å². The van der Waals surface area contributed by atoms with Crippen LogP contribution in [0.5, 0.6) is 0 Å². The van der Waals surface area contributed by atoms with Crippen LogP contribution in [-0.2, 0) is 0 Å². The monoisotopic (exact) mass is 535 g/mol. The van der Waals surface area contributed by atoms with Crippen molar-refractivity contribution in [3.05, 3.63) is 90.8 Å². The highest BCUT2D eigenvalue weighted by atomic mass is 16.1. The van der Waals surface area contributed by atoms with Crippen LogP contribution in [0, 0.1) is 6.92 Å². The number of nitrogens with one attached hydrogen (secondary N) is 3. The minimum absolute atomic E-state index is 0.290. The fourth-order valence-electron chi connectivity index (χ4n) is 4.30. The van der Waals surface area contributed by atoms with Gasteiger partial charge in [-0.2, -0.15) is 4.98 Å². The molecule has 0 atom stereocenters. The van der Waals surface area contributed by atoms with Gasteiger partial charge < -0.3 is 25.8 Å². The molecule has 0 bridgehead atoms. The van der Waals surface area contributed by atoms with Crippen molar-refractivity contribution >= 4 is 34.9 Å². The van der Waals surface area contributed by atoms with Crippen LogP contribution >= 0.6 is 0 Å². The molecule has 1 saturated heterocycles. The van der Waals surface area contributed by atoms with Crippen LogP contribution in [0.25, 0.3) is 11.4 Å². The van der Waals surface area contributed by atoms with E-state index in [-0.39, 0.29) is 5.91 Å². The Hall–Kier alpha value is -4.83. The van der Waals surface area contributed by atoms with E-state index in [9.17, 15) is 4.79 Å². The molecule has 0 unspecified atom stereocenters. The third-order valence-electron chi connectivity index (χ3n) is 6.60. The predicted octanol–water partition coefficient (Wildman–Crippen LogP) is 4.40. The molecule has 5 rings (SSSR count). The van der Waals surface area contributed by atoms with E-state index >= 15 is 0 Å². The number of aryl methyl sites for hydroxylation is 1. The smallest absolute Gasteiger partial charge is 0.256 e. The summed E-state index contributed by atoms with van der Waals surface area (Å²) < 4.78 is 0. The Labute approximate surface area is 234 Å². The molecule has 1 aliphatic rings. The average molecular weight is 536 g/mol. The maximum Gasteiger partial charge on any atom is 0.256 e. The van der Waals surface area contributed by atoms with E-state index in [4.69, 9.17) is 4.98 Å². The molecule has 40 heavy (non-hydrogen) atoms. The third kappa shape index (κ3) is 6.59. The highest BCUT2D eigenvalue weighted by molar-refractivity contribution is 5.99. The SMILES string of the molecule is C=CCNC(=O)c1cnc(Nc2ccc(N3CCN(C)CC3)cc2)nc1Nc1cccc(-c2ccc(C)cn2)n1. The molecule has 10 nitrogen and oxygen atoms in total. The molecular weight excluding hydrogens is 502 g/mol. The maximum atomic E-state index is 12.9. The number of hydrogen-bond donors (Lipinski definition) is 3. The molecule has 0 saturated carbocycles. The molecule has 4 aromatic rings. The predicted molar refractivity (Wildman–Crippen MR) is 159 cm³/mol. The van der Waals surface area contributed by atoms with Crippen molar-refractivity contribution in [2.45, 2.75) is 6.92 Å². The largest absolute Gasteiger partial charge is 0.369 e. The lowest BCUT2D eigenvalue weighted by Crippen LogP contribution is -2.44. The van der Waals surface area contributed by atoms with E-state index in [0.717, 1.165) is 43.1 Å². The number of carbonyl (C=O) groups is 1. The maximum absolute atomic E-state index is 12.9. The Morgan fingerprint density at radius 3 is 2.45 bits per heavy atom. The Balaban J connectivity index is 1.37. The first kappa shape index (κ1) is 26.8. The number of anilines is 5. The summed E-state index contributed by atoms with van der Waals surface area (Å²) in [5.74, 6) is 0.891. The second-order valence-electron chi connectivity index (χ2n) is 9.67. The number of likely N-dealkylation sites (N-methyl/N-ethyl adjacent to an activating group) is 1. The number of carbonyl (C=O) groups excluding carboxylic acids is 1. The average Bonchev–Trinajstić information content (AvgIpc) is 2.97. The van der Waals surface area contributed by atoms with E-state index in [1.807, 2.05) is 49.4 Å². The van der Waals surface area contributed by atoms with Gasteiger partial charge in [0.25, 0.3) is 5.91 Å². The Kier molecular flexibility index (Phi) is 8.26. The van der Waals surface area contributed by atoms with Crippen molar-refractivity contribution in [3.8, 4) is 11.4 Å². The van der Waals surface area contributed by atoms with Gasteiger partial charge in [-0.15, -0.1) is 6.58 Å². The zero-order valence-corrected chi connectivity index (χ0v) is 22.8. The number of piperazine rings is 1. The summed E-state index contributed by atoms with van der Waals surface area (Å²) in [5.41, 5.74) is 4.85. The van der Waals surface area contributed by atoms with Crippen molar-refractivity contribution in [1.29, 1.82) is 0 Å². The van der Waals surface area contributed by atoms with E-state index in [1.54, 1.807) is 12.3 Å². The van der Waals surface area contributed by atoms with Gasteiger partial charge in [-0.25, -0.2) is 9.97 Å². The molecule has 1 fully saturated rings. The van der Waals surface area contributed by atoms with Gasteiger partial charge in [-0.3, -0.25) is 9.78 Å². The molecule has 3 aromatic heterocycles. The molecular formula is C30H33N9O. The summed E-state index contributed by atoms with van der Waals surface area (Å²) in [6.45, 7) is 10.1. The van der Waals surface area contributed by atoms with Gasteiger partial charge in [-0.1, -0.05) is 18.2 Å². The van der Waals surface area contributed by atoms with Crippen molar-refractivity contribution in [2.24, 2.45) is 0 Å². The third-order valence-corrected chi connectivity index (χ3v) is 6.60. The van der Waals surface area contributed by atoms with Crippen LogP contribution in [0.1, 0.15) is 15.9 Å². The first-order valence-corrected chi connectivity index (χ1v) is 13.2. The Morgan fingerprint density at radius 1 is 0.925 bits per heavy atom. The Bertz CT molecular complexity index is 1460. The van der Waals surface area contributed by atoms with E-state index < -0.39 is 0 Å². The van der Waals surface area contributed by atoms with Gasteiger partial charge in [0.15, 0.2) is 0 Å². The molecule has 10 heteroatoms. The summed E-state index contributed by atoms with van der Waals surface area (Å²) in [6.07, 6.45) is 4.92. The van der Waals surface area contributed by atoms with Gasteiger partial charge in [0.1, 0.15) is 17.2 Å². The molecule has 3 N–H and O–H groups in total. The lowest BCUT2D eigenvalue weighted by molar-refractivity contribution is 0.0958. The van der Waals surface area contributed by atoms with Crippen LogP contribution in [-0.4, -0.2) is 70.5 Å². The zero-order chi connectivity index (χ0) is 27.9. The fraction of sp³-hybridized carbons (Fsp3) is 0.233. The second-order valence-corrected chi connectivity index (χ2v) is 9.67. The summed E-state index contributed by atoms with van der Waals surface area (Å²) in [5, 5.41) is 9.25. The molecule has 204 valence electrons. The standard InChI is InChI=1S/C30H33N9O/c1-4-14-31-29(40)24-20-33-30(34-22-9-11-23(12-10-22)39-17-15-38(3)16-18-39)37-28(24)36-27-7-5-6-26(35-27)25-13-8-21(2)19-32-25/h4-13,19-20H,1,14-18H2,2-3H3,(H,31,40)(H2,33,34,35,36,37). The molecule has 0 aliphatic carbocycles. The van der Waals surface area contributed by atoms with Gasteiger partial charge >= 0.3 is 0 Å². The number of pyridine rings is 2. The number of nitrogens with zero attached hydrogens (tertiary/aromatic N) is 6. The van der Waals surface area contributed by atoms with Gasteiger partial charge in [0.2, 0.25) is 5.95 Å². The number of aromatic nitrogens is 4. The molecule has 1 amide bonds. The van der Waals surface area contributed by atoms with E-state index in [1.165, 1.54) is 11.9 Å². The lowest BCUT2D eigenvalue weighted by atomic mass is 10.2. The van der Waals surface area contributed by atoms with Crippen molar-refractivity contribution < 1.29 is 4.79 Å². The van der Waals surface area contributed by atoms with E-state index in [2.05, 4.69) is 66.5 Å². The van der Waals surface area contributed by atoms with Crippen molar-refractivity contribution in [1.82, 2.24) is 30.2 Å². The number of rotatable bonds is 9.